The summed E-state index contributed by atoms with van der Waals surface area (Å²) in [5.41, 5.74) is 3.73. The van der Waals surface area contributed by atoms with E-state index in [0.717, 1.165) is 18.5 Å². The van der Waals surface area contributed by atoms with E-state index in [1.54, 1.807) is 0 Å². The van der Waals surface area contributed by atoms with Crippen LogP contribution < -0.4 is 5.32 Å². The average Bonchev–Trinajstić information content (AvgIpc) is 3.12. The van der Waals surface area contributed by atoms with E-state index in [0.29, 0.717) is 6.04 Å². The molecule has 0 atom stereocenters. The smallest absolute Gasteiger partial charge is 0.0671 e. The van der Waals surface area contributed by atoms with Gasteiger partial charge in [-0.25, -0.2) is 0 Å². The van der Waals surface area contributed by atoms with Crippen LogP contribution in [0.1, 0.15) is 18.4 Å². The Morgan fingerprint density at radius 3 is 2.71 bits per heavy atom. The van der Waals surface area contributed by atoms with E-state index >= 15 is 0 Å². The highest BCUT2D eigenvalue weighted by atomic mass is 15.1. The number of likely N-dealkylation sites (tertiary alicyclic amines) is 1. The highest BCUT2D eigenvalue weighted by Gasteiger charge is 2.19. The van der Waals surface area contributed by atoms with Crippen LogP contribution in [-0.4, -0.2) is 40.8 Å². The molecule has 3 aromatic rings. The molecule has 1 aromatic heterocycles. The molecule has 0 spiro atoms. The normalized spacial score (nSPS) is 16.5. The molecule has 2 aromatic carbocycles. The Morgan fingerprint density at radius 1 is 1.04 bits per heavy atom. The number of fused-ring (bicyclic) bond motifs is 1. The third-order valence-electron chi connectivity index (χ3n) is 4.99. The fourth-order valence-corrected chi connectivity index (χ4v) is 3.55. The van der Waals surface area contributed by atoms with Gasteiger partial charge in [0.2, 0.25) is 0 Å². The van der Waals surface area contributed by atoms with Crippen molar-refractivity contribution in [3.63, 3.8) is 0 Å². The number of aromatic amines is 1. The molecule has 4 nitrogen and oxygen atoms in total. The Hall–Kier alpha value is -2.33. The summed E-state index contributed by atoms with van der Waals surface area (Å²) in [5.74, 6) is 0. The molecule has 0 amide bonds. The molecule has 1 fully saturated rings. The number of benzene rings is 2. The first-order valence-corrected chi connectivity index (χ1v) is 8.83. The summed E-state index contributed by atoms with van der Waals surface area (Å²) in [4.78, 5) is 2.59. The van der Waals surface area contributed by atoms with E-state index in [4.69, 9.17) is 0 Å². The molecule has 2 heterocycles. The van der Waals surface area contributed by atoms with E-state index in [-0.39, 0.29) is 0 Å². The maximum absolute atomic E-state index is 4.15. The lowest BCUT2D eigenvalue weighted by molar-refractivity contribution is 0.221. The Bertz CT molecular complexity index is 772. The third kappa shape index (κ3) is 3.44. The topological polar surface area (TPSA) is 44.0 Å². The number of aromatic nitrogens is 2. The zero-order chi connectivity index (χ0) is 16.2. The van der Waals surface area contributed by atoms with Gasteiger partial charge in [0.1, 0.15) is 0 Å². The minimum Gasteiger partial charge on any atom is -0.382 e. The zero-order valence-corrected chi connectivity index (χ0v) is 13.9. The predicted molar refractivity (Wildman–Crippen MR) is 99.3 cm³/mol. The van der Waals surface area contributed by atoms with Gasteiger partial charge in [0.05, 0.1) is 11.7 Å². The molecule has 124 valence electrons. The Labute approximate surface area is 142 Å². The minimum absolute atomic E-state index is 0.554. The van der Waals surface area contributed by atoms with Crippen LogP contribution in [0.3, 0.4) is 0 Å². The number of rotatable bonds is 5. The van der Waals surface area contributed by atoms with Gasteiger partial charge in [-0.2, -0.15) is 5.10 Å². The molecule has 24 heavy (non-hydrogen) atoms. The summed E-state index contributed by atoms with van der Waals surface area (Å²) in [6, 6.07) is 17.6. The molecule has 4 heteroatoms. The fourth-order valence-electron chi connectivity index (χ4n) is 3.55. The molecule has 2 N–H and O–H groups in total. The first kappa shape index (κ1) is 15.2. The van der Waals surface area contributed by atoms with Gasteiger partial charge < -0.3 is 10.2 Å². The van der Waals surface area contributed by atoms with Gasteiger partial charge in [-0.05, 0) is 37.0 Å². The second kappa shape index (κ2) is 7.05. The maximum Gasteiger partial charge on any atom is 0.0671 e. The summed E-state index contributed by atoms with van der Waals surface area (Å²) in [6.07, 6.45) is 5.45. The van der Waals surface area contributed by atoms with Crippen LogP contribution in [0, 0.1) is 0 Å². The fraction of sp³-hybridized carbons (Fsp3) is 0.350. The lowest BCUT2D eigenvalue weighted by Crippen LogP contribution is -2.40. The van der Waals surface area contributed by atoms with Gasteiger partial charge in [0, 0.05) is 36.7 Å². The van der Waals surface area contributed by atoms with Crippen LogP contribution in [0.15, 0.2) is 54.7 Å². The minimum atomic E-state index is 0.554. The van der Waals surface area contributed by atoms with E-state index in [9.17, 15) is 0 Å². The van der Waals surface area contributed by atoms with Crippen molar-refractivity contribution in [3.05, 3.63) is 60.3 Å². The number of piperidine rings is 1. The van der Waals surface area contributed by atoms with Crippen molar-refractivity contribution in [1.29, 1.82) is 0 Å². The first-order chi connectivity index (χ1) is 11.9. The van der Waals surface area contributed by atoms with Gasteiger partial charge in [0.15, 0.2) is 0 Å². The summed E-state index contributed by atoms with van der Waals surface area (Å²) < 4.78 is 0. The maximum atomic E-state index is 4.15. The van der Waals surface area contributed by atoms with E-state index < -0.39 is 0 Å². The molecule has 0 aliphatic carbocycles. The molecule has 4 rings (SSSR count). The van der Waals surface area contributed by atoms with Crippen molar-refractivity contribution in [1.82, 2.24) is 15.1 Å². The van der Waals surface area contributed by atoms with E-state index in [1.165, 1.54) is 42.6 Å². The van der Waals surface area contributed by atoms with Gasteiger partial charge in [0.25, 0.3) is 0 Å². The summed E-state index contributed by atoms with van der Waals surface area (Å²) in [6.45, 7) is 3.51. The average molecular weight is 320 g/mol. The third-order valence-corrected chi connectivity index (χ3v) is 4.99. The van der Waals surface area contributed by atoms with Crippen molar-refractivity contribution in [2.45, 2.75) is 25.3 Å². The summed E-state index contributed by atoms with van der Waals surface area (Å²) in [5, 5.41) is 12.1. The molecule has 1 aliphatic rings. The predicted octanol–water partition coefficient (Wildman–Crippen LogP) is 3.68. The Kier molecular flexibility index (Phi) is 4.47. The molecule has 0 bridgehead atoms. The van der Waals surface area contributed by atoms with Crippen LogP contribution >= 0.6 is 0 Å². The number of hydrogen-bond donors (Lipinski definition) is 2. The van der Waals surface area contributed by atoms with Crippen molar-refractivity contribution < 1.29 is 0 Å². The van der Waals surface area contributed by atoms with Gasteiger partial charge >= 0.3 is 0 Å². The molecule has 0 unspecified atom stereocenters. The summed E-state index contributed by atoms with van der Waals surface area (Å²) in [7, 11) is 0. The monoisotopic (exact) mass is 320 g/mol. The van der Waals surface area contributed by atoms with Crippen LogP contribution in [0.25, 0.3) is 10.9 Å². The molecular formula is C20H24N4. The second-order valence-electron chi connectivity index (χ2n) is 6.63. The largest absolute Gasteiger partial charge is 0.382 e. The quantitative estimate of drug-likeness (QED) is 0.754. The number of nitrogens with zero attached hydrogens (tertiary/aromatic N) is 2. The molecule has 0 radical (unpaired) electrons. The standard InChI is InChI=1S/C20H24N4/c1-2-5-16(6-3-1)9-12-24-13-10-17(11-14-24)22-19-7-4-8-20-18(19)15-21-23-20/h1-8,15,17,22H,9-14H2,(H,21,23). The van der Waals surface area contributed by atoms with Crippen molar-refractivity contribution in [2.24, 2.45) is 0 Å². The molecule has 0 saturated carbocycles. The van der Waals surface area contributed by atoms with E-state index in [2.05, 4.69) is 68.9 Å². The molecule has 1 saturated heterocycles. The number of nitrogens with one attached hydrogen (secondary N) is 2. The van der Waals surface area contributed by atoms with Gasteiger partial charge in [-0.15, -0.1) is 0 Å². The van der Waals surface area contributed by atoms with Gasteiger partial charge in [-0.3, -0.25) is 5.10 Å². The SMILES string of the molecule is c1ccc(CCN2CCC(Nc3cccc4[nH]ncc34)CC2)cc1. The lowest BCUT2D eigenvalue weighted by atomic mass is 10.0. The van der Waals surface area contributed by atoms with Gasteiger partial charge in [-0.1, -0.05) is 36.4 Å². The second-order valence-corrected chi connectivity index (χ2v) is 6.63. The highest BCUT2D eigenvalue weighted by Crippen LogP contribution is 2.24. The number of anilines is 1. The summed E-state index contributed by atoms with van der Waals surface area (Å²) >= 11 is 0. The van der Waals surface area contributed by atoms with Crippen LogP contribution in [-0.2, 0) is 6.42 Å². The van der Waals surface area contributed by atoms with Crippen LogP contribution in [0.5, 0.6) is 0 Å². The Balaban J connectivity index is 1.29. The number of hydrogen-bond acceptors (Lipinski definition) is 3. The van der Waals surface area contributed by atoms with E-state index in [1.807, 2.05) is 6.20 Å². The van der Waals surface area contributed by atoms with Crippen LogP contribution in [0.2, 0.25) is 0 Å². The highest BCUT2D eigenvalue weighted by molar-refractivity contribution is 5.90. The van der Waals surface area contributed by atoms with Crippen LogP contribution in [0.4, 0.5) is 5.69 Å². The molecular weight excluding hydrogens is 296 g/mol. The Morgan fingerprint density at radius 2 is 1.88 bits per heavy atom. The van der Waals surface area contributed by atoms with Crippen molar-refractivity contribution in [3.8, 4) is 0 Å². The zero-order valence-electron chi connectivity index (χ0n) is 13.9. The van der Waals surface area contributed by atoms with Crippen molar-refractivity contribution >= 4 is 16.6 Å². The lowest BCUT2D eigenvalue weighted by Gasteiger charge is -2.33. The first-order valence-electron chi connectivity index (χ1n) is 8.83. The number of H-pyrrole nitrogens is 1. The molecule has 1 aliphatic heterocycles. The van der Waals surface area contributed by atoms with Crippen molar-refractivity contribution in [2.75, 3.05) is 25.0 Å².